The number of hydrogen-bond acceptors (Lipinski definition) is 5. The lowest BCUT2D eigenvalue weighted by Gasteiger charge is -2.25. The van der Waals surface area contributed by atoms with Gasteiger partial charge >= 0.3 is 5.97 Å². The molecule has 6 heteroatoms. The van der Waals surface area contributed by atoms with E-state index in [1.165, 1.54) is 6.07 Å². The van der Waals surface area contributed by atoms with Crippen LogP contribution < -0.4 is 4.74 Å². The number of para-hydroxylation sites is 1. The molecule has 2 aromatic carbocycles. The summed E-state index contributed by atoms with van der Waals surface area (Å²) in [5, 5.41) is 0. The standard InChI is InChI=1S/C23H23NO5/c1-17(18-9-5-3-6-10-18)24(2)22(25)16-28-23(26)21-14-13-20(29-21)15-27-19-11-7-4-8-12-19/h3-14,17H,15-16H2,1-2H3. The minimum atomic E-state index is -0.690. The van der Waals surface area contributed by atoms with E-state index in [2.05, 4.69) is 0 Å². The van der Waals surface area contributed by atoms with Crippen LogP contribution in [0.1, 0.15) is 34.8 Å². The fourth-order valence-corrected chi connectivity index (χ4v) is 2.71. The summed E-state index contributed by atoms with van der Waals surface area (Å²) in [6.07, 6.45) is 0. The average molecular weight is 393 g/mol. The van der Waals surface area contributed by atoms with Crippen molar-refractivity contribution in [2.45, 2.75) is 19.6 Å². The summed E-state index contributed by atoms with van der Waals surface area (Å²) in [6.45, 7) is 1.75. The Balaban J connectivity index is 1.49. The van der Waals surface area contributed by atoms with Crippen molar-refractivity contribution in [3.8, 4) is 5.75 Å². The number of hydrogen-bond donors (Lipinski definition) is 0. The number of nitrogens with zero attached hydrogens (tertiary/aromatic N) is 1. The van der Waals surface area contributed by atoms with Gasteiger partial charge in [-0.1, -0.05) is 48.5 Å². The van der Waals surface area contributed by atoms with Crippen LogP contribution in [-0.4, -0.2) is 30.4 Å². The molecule has 1 aromatic heterocycles. The molecule has 0 radical (unpaired) electrons. The third-order valence-corrected chi connectivity index (χ3v) is 4.57. The molecular weight excluding hydrogens is 370 g/mol. The van der Waals surface area contributed by atoms with Gasteiger partial charge in [0.1, 0.15) is 18.1 Å². The quantitative estimate of drug-likeness (QED) is 0.536. The van der Waals surface area contributed by atoms with E-state index in [9.17, 15) is 9.59 Å². The van der Waals surface area contributed by atoms with E-state index in [0.717, 1.165) is 5.56 Å². The molecule has 0 bridgehead atoms. The summed E-state index contributed by atoms with van der Waals surface area (Å²) in [5.74, 6) is 0.235. The van der Waals surface area contributed by atoms with Crippen molar-refractivity contribution in [3.63, 3.8) is 0 Å². The zero-order chi connectivity index (χ0) is 20.6. The number of likely N-dealkylation sites (N-methyl/N-ethyl adjacent to an activating group) is 1. The monoisotopic (exact) mass is 393 g/mol. The number of amides is 1. The average Bonchev–Trinajstić information content (AvgIpc) is 3.25. The van der Waals surface area contributed by atoms with Crippen molar-refractivity contribution in [1.82, 2.24) is 4.90 Å². The van der Waals surface area contributed by atoms with E-state index in [4.69, 9.17) is 13.9 Å². The molecule has 1 amide bonds. The van der Waals surface area contributed by atoms with Gasteiger partial charge in [-0.05, 0) is 36.8 Å². The molecular formula is C23H23NO5. The van der Waals surface area contributed by atoms with Gasteiger partial charge in [0.05, 0.1) is 6.04 Å². The van der Waals surface area contributed by atoms with Gasteiger partial charge < -0.3 is 18.8 Å². The van der Waals surface area contributed by atoms with Crippen LogP contribution in [0.15, 0.2) is 77.2 Å². The number of esters is 1. The minimum absolute atomic E-state index is 0.0308. The van der Waals surface area contributed by atoms with Crippen molar-refractivity contribution in [1.29, 1.82) is 0 Å². The topological polar surface area (TPSA) is 69.0 Å². The van der Waals surface area contributed by atoms with Gasteiger partial charge in [-0.2, -0.15) is 0 Å². The molecule has 3 rings (SSSR count). The zero-order valence-corrected chi connectivity index (χ0v) is 16.4. The van der Waals surface area contributed by atoms with Crippen LogP contribution in [0.2, 0.25) is 0 Å². The molecule has 0 aliphatic heterocycles. The van der Waals surface area contributed by atoms with Crippen molar-refractivity contribution in [2.24, 2.45) is 0 Å². The summed E-state index contributed by atoms with van der Waals surface area (Å²) in [7, 11) is 1.68. The molecule has 1 atom stereocenters. The Morgan fingerprint density at radius 1 is 0.966 bits per heavy atom. The van der Waals surface area contributed by atoms with Crippen LogP contribution >= 0.6 is 0 Å². The SMILES string of the molecule is CC(c1ccccc1)N(C)C(=O)COC(=O)c1ccc(COc2ccccc2)o1. The van der Waals surface area contributed by atoms with E-state index in [1.54, 1.807) is 18.0 Å². The molecule has 0 aliphatic rings. The number of rotatable bonds is 8. The van der Waals surface area contributed by atoms with Crippen LogP contribution in [0.25, 0.3) is 0 Å². The highest BCUT2D eigenvalue weighted by Crippen LogP contribution is 2.18. The number of benzene rings is 2. The maximum atomic E-state index is 12.4. The first-order valence-electron chi connectivity index (χ1n) is 9.29. The fourth-order valence-electron chi connectivity index (χ4n) is 2.71. The lowest BCUT2D eigenvalue weighted by Crippen LogP contribution is -2.33. The maximum Gasteiger partial charge on any atom is 0.374 e. The molecule has 3 aromatic rings. The molecule has 1 heterocycles. The first kappa shape index (κ1) is 20.2. The van der Waals surface area contributed by atoms with Crippen molar-refractivity contribution in [3.05, 3.63) is 89.9 Å². The van der Waals surface area contributed by atoms with E-state index in [0.29, 0.717) is 11.5 Å². The molecule has 0 spiro atoms. The highest BCUT2D eigenvalue weighted by molar-refractivity contribution is 5.88. The van der Waals surface area contributed by atoms with Gasteiger partial charge in [0, 0.05) is 7.05 Å². The second-order valence-corrected chi connectivity index (χ2v) is 6.54. The van der Waals surface area contributed by atoms with E-state index < -0.39 is 5.97 Å². The lowest BCUT2D eigenvalue weighted by atomic mass is 10.1. The molecule has 1 unspecified atom stereocenters. The first-order valence-corrected chi connectivity index (χ1v) is 9.29. The minimum Gasteiger partial charge on any atom is -0.486 e. The zero-order valence-electron chi connectivity index (χ0n) is 16.4. The third-order valence-electron chi connectivity index (χ3n) is 4.57. The third kappa shape index (κ3) is 5.48. The molecule has 0 saturated carbocycles. The van der Waals surface area contributed by atoms with Gasteiger partial charge in [-0.15, -0.1) is 0 Å². The van der Waals surface area contributed by atoms with Gasteiger partial charge in [0.15, 0.2) is 6.61 Å². The summed E-state index contributed by atoms with van der Waals surface area (Å²) in [4.78, 5) is 26.1. The summed E-state index contributed by atoms with van der Waals surface area (Å²) < 4.78 is 16.1. The van der Waals surface area contributed by atoms with E-state index in [-0.39, 0.29) is 30.9 Å². The molecule has 0 aliphatic carbocycles. The maximum absolute atomic E-state index is 12.4. The van der Waals surface area contributed by atoms with Crippen LogP contribution in [0.3, 0.4) is 0 Å². The molecule has 150 valence electrons. The van der Waals surface area contributed by atoms with Crippen LogP contribution in [0.4, 0.5) is 0 Å². The summed E-state index contributed by atoms with van der Waals surface area (Å²) in [6, 6.07) is 22.0. The number of carbonyl (C=O) groups is 2. The highest BCUT2D eigenvalue weighted by Gasteiger charge is 2.20. The molecule has 6 nitrogen and oxygen atoms in total. The van der Waals surface area contributed by atoms with Crippen molar-refractivity contribution >= 4 is 11.9 Å². The predicted molar refractivity (Wildman–Crippen MR) is 107 cm³/mol. The Morgan fingerprint density at radius 2 is 1.62 bits per heavy atom. The van der Waals surface area contributed by atoms with Crippen LogP contribution in [-0.2, 0) is 16.1 Å². The van der Waals surface area contributed by atoms with E-state index in [1.807, 2.05) is 67.6 Å². The Labute approximate surface area is 169 Å². The number of carbonyl (C=O) groups excluding carboxylic acids is 2. The van der Waals surface area contributed by atoms with Gasteiger partial charge in [0.2, 0.25) is 5.76 Å². The summed E-state index contributed by atoms with van der Waals surface area (Å²) >= 11 is 0. The second-order valence-electron chi connectivity index (χ2n) is 6.54. The van der Waals surface area contributed by atoms with Crippen LogP contribution in [0.5, 0.6) is 5.75 Å². The molecule has 0 N–H and O–H groups in total. The Kier molecular flexibility index (Phi) is 6.68. The number of furan rings is 1. The second kappa shape index (κ2) is 9.59. The van der Waals surface area contributed by atoms with Crippen LogP contribution in [0, 0.1) is 0 Å². The highest BCUT2D eigenvalue weighted by atomic mass is 16.6. The fraction of sp³-hybridized carbons (Fsp3) is 0.217. The molecule has 0 fully saturated rings. The van der Waals surface area contributed by atoms with E-state index >= 15 is 0 Å². The predicted octanol–water partition coefficient (Wildman–Crippen LogP) is 4.24. The summed E-state index contributed by atoms with van der Waals surface area (Å²) in [5.41, 5.74) is 1.00. The molecule has 29 heavy (non-hydrogen) atoms. The Hall–Kier alpha value is -3.54. The van der Waals surface area contributed by atoms with Gasteiger partial charge in [-0.25, -0.2) is 4.79 Å². The number of ether oxygens (including phenoxy) is 2. The largest absolute Gasteiger partial charge is 0.486 e. The first-order chi connectivity index (χ1) is 14.0. The lowest BCUT2D eigenvalue weighted by molar-refractivity contribution is -0.135. The Morgan fingerprint density at radius 3 is 2.31 bits per heavy atom. The van der Waals surface area contributed by atoms with Gasteiger partial charge in [-0.3, -0.25) is 4.79 Å². The van der Waals surface area contributed by atoms with Crippen molar-refractivity contribution < 1.29 is 23.5 Å². The van der Waals surface area contributed by atoms with Gasteiger partial charge in [0.25, 0.3) is 5.91 Å². The van der Waals surface area contributed by atoms with Crippen molar-refractivity contribution in [2.75, 3.05) is 13.7 Å². The normalized spacial score (nSPS) is 11.5. The Bertz CT molecular complexity index is 936. The molecule has 0 saturated heterocycles. The smallest absolute Gasteiger partial charge is 0.374 e.